The van der Waals surface area contributed by atoms with Crippen molar-refractivity contribution in [1.82, 2.24) is 35.5 Å². The third-order valence-electron chi connectivity index (χ3n) is 20.7. The van der Waals surface area contributed by atoms with Crippen molar-refractivity contribution in [2.45, 2.75) is 122 Å². The first-order valence-corrected chi connectivity index (χ1v) is 37.8. The van der Waals surface area contributed by atoms with E-state index < -0.39 is 79.0 Å². The molecule has 110 heavy (non-hydrogen) atoms. The number of nitrogens with one attached hydrogen (secondary N) is 6. The topological polar surface area (TPSA) is 370 Å². The molecule has 2 fully saturated rings. The van der Waals surface area contributed by atoms with E-state index in [1.807, 2.05) is 72.9 Å². The number of para-hydroxylation sites is 1. The number of hydrogen-bond acceptors (Lipinski definition) is 21. The third-order valence-corrected chi connectivity index (χ3v) is 21.2. The number of nitrogens with zero attached hydrogens (tertiary/aromatic N) is 5. The molecule has 9 amide bonds. The van der Waals surface area contributed by atoms with Gasteiger partial charge >= 0.3 is 6.09 Å². The van der Waals surface area contributed by atoms with E-state index in [1.165, 1.54) is 49.6 Å². The number of aliphatic hydroxyl groups is 1. The van der Waals surface area contributed by atoms with Crippen molar-refractivity contribution in [2.24, 2.45) is 22.9 Å². The van der Waals surface area contributed by atoms with Gasteiger partial charge in [0.25, 0.3) is 11.8 Å². The molecule has 0 aromatic heterocycles. The van der Waals surface area contributed by atoms with E-state index in [0.29, 0.717) is 114 Å². The van der Waals surface area contributed by atoms with Gasteiger partial charge in [0.05, 0.1) is 106 Å². The van der Waals surface area contributed by atoms with Crippen molar-refractivity contribution in [1.29, 1.82) is 0 Å². The molecule has 12 rings (SSSR count). The maximum atomic E-state index is 14.5. The first kappa shape index (κ1) is 78.1. The summed E-state index contributed by atoms with van der Waals surface area (Å²) in [7, 11) is 4.62. The number of rotatable bonds is 29. The van der Waals surface area contributed by atoms with E-state index in [-0.39, 0.29) is 84.5 Å². The number of hydrogen-bond donors (Lipinski definition) is 9. The highest BCUT2D eigenvalue weighted by atomic mass is 32.2. The van der Waals surface area contributed by atoms with Gasteiger partial charge in [-0.2, -0.15) is 0 Å². The van der Waals surface area contributed by atoms with Gasteiger partial charge in [0.2, 0.25) is 35.4 Å². The minimum absolute atomic E-state index is 0.0785. The predicted molar refractivity (Wildman–Crippen MR) is 414 cm³/mol. The number of aliphatic hydroxyl groups excluding tert-OH is 1. The molecule has 5 atom stereocenters. The van der Waals surface area contributed by atoms with Crippen LogP contribution in [-0.2, 0) is 46.7 Å². The number of unbranched alkanes of at least 4 members (excludes halogenated alkanes) is 2. The minimum Gasteiger partial charge on any atom is -0.497 e. The molecular weight excluding hydrogens is 1430 g/mol. The fraction of sp³-hybridized carbons (Fsp3) is 0.388. The Balaban J connectivity index is 0.590. The molecule has 580 valence electrons. The Labute approximate surface area is 641 Å². The second-order valence-corrected chi connectivity index (χ2v) is 29.1. The van der Waals surface area contributed by atoms with Gasteiger partial charge in [-0.15, -0.1) is 0 Å². The zero-order chi connectivity index (χ0) is 78.1. The number of anilines is 4. The highest BCUT2D eigenvalue weighted by Gasteiger charge is 2.58. The fourth-order valence-electron chi connectivity index (χ4n) is 14.4. The van der Waals surface area contributed by atoms with Gasteiger partial charge in [-0.25, -0.2) is 15.5 Å². The van der Waals surface area contributed by atoms with Gasteiger partial charge in [0.15, 0.2) is 29.2 Å². The number of hydrazine groups is 1. The number of carbonyl (C=O) groups is 9. The lowest BCUT2D eigenvalue weighted by Gasteiger charge is -2.32. The lowest BCUT2D eigenvalue weighted by Crippen LogP contribution is -2.55. The molecule has 1 aliphatic carbocycles. The normalized spacial score (nSPS) is 18.3. The maximum absolute atomic E-state index is 14.5. The lowest BCUT2D eigenvalue weighted by atomic mass is 9.96. The maximum Gasteiger partial charge on any atom is 0.416 e. The van der Waals surface area contributed by atoms with E-state index in [4.69, 9.17) is 40.0 Å². The standard InChI is InChI=1S/C80H93N13O16S/c1-46(2)72(88-69(96)41-85-68(95)40-84-67(94)27-28-70(97)90-42-50-15-9-10-16-55(50)71(81)73(93(82)110-7)56-17-11-12-18-60(56)90)75(99)86-47(3)74(98)87-52-23-19-48(20-24-52)44-109-79(103)92-61-37-66(64(106-6)35-58(61)77(101)91-45-80(29-30-80)38-62(91)78(92)102)108-32-14-8-13-31-107-65-36-59-57(34-63(65)105-5)76(100)89-43-51(33-53(89)39-83-59)49-21-25-54(104-4)26-22-49/h9-12,15-26,34-37,43,46-47,53,62,72,78,83,102H,8,13-14,27-33,38-42,44-45,81-82H2,1-7H3,(H,84,94)(H,85,95)(H,86,99)(H,87,98)(H,88,96)/b73-71-/t47-,53-,62-,72-,78-/m0/s1. The Kier molecular flexibility index (Phi) is 24.4. The summed E-state index contributed by atoms with van der Waals surface area (Å²) in [5.74, 6) is 4.03. The molecule has 1 saturated carbocycles. The zero-order valence-corrected chi connectivity index (χ0v) is 63.3. The van der Waals surface area contributed by atoms with Crippen LogP contribution in [0.1, 0.15) is 127 Å². The molecular formula is C80H93N13O16S. The van der Waals surface area contributed by atoms with Gasteiger partial charge in [-0.1, -0.05) is 80.6 Å². The van der Waals surface area contributed by atoms with Crippen molar-refractivity contribution >= 4 is 105 Å². The van der Waals surface area contributed by atoms with Gasteiger partial charge in [0.1, 0.15) is 24.4 Å². The monoisotopic (exact) mass is 1520 g/mol. The average molecular weight is 1520 g/mol. The second kappa shape index (κ2) is 34.4. The zero-order valence-electron chi connectivity index (χ0n) is 62.5. The Morgan fingerprint density at radius 3 is 2.05 bits per heavy atom. The number of carbonyl (C=O) groups excluding carboxylic acids is 9. The fourth-order valence-corrected chi connectivity index (χ4v) is 14.8. The summed E-state index contributed by atoms with van der Waals surface area (Å²) in [5, 5.41) is 28.6. The van der Waals surface area contributed by atoms with E-state index in [9.17, 15) is 48.3 Å². The van der Waals surface area contributed by atoms with E-state index in [1.54, 1.807) is 84.4 Å². The van der Waals surface area contributed by atoms with Crippen molar-refractivity contribution in [3.63, 3.8) is 0 Å². The van der Waals surface area contributed by atoms with Crippen LogP contribution in [0.5, 0.6) is 28.7 Å². The molecule has 6 aromatic rings. The van der Waals surface area contributed by atoms with Crippen LogP contribution in [0.2, 0.25) is 0 Å². The molecule has 0 unspecified atom stereocenters. The van der Waals surface area contributed by atoms with E-state index >= 15 is 0 Å². The summed E-state index contributed by atoms with van der Waals surface area (Å²) in [6.07, 6.45) is 5.75. The highest BCUT2D eigenvalue weighted by molar-refractivity contribution is 7.96. The number of methoxy groups -OCH3 is 3. The van der Waals surface area contributed by atoms with Gasteiger partial charge < -0.3 is 85.9 Å². The van der Waals surface area contributed by atoms with Crippen molar-refractivity contribution in [3.05, 3.63) is 166 Å². The van der Waals surface area contributed by atoms with Crippen LogP contribution < -0.4 is 77.0 Å². The summed E-state index contributed by atoms with van der Waals surface area (Å²) in [4.78, 5) is 129. The van der Waals surface area contributed by atoms with Crippen molar-refractivity contribution in [3.8, 4) is 28.7 Å². The van der Waals surface area contributed by atoms with Crippen LogP contribution >= 0.6 is 11.9 Å². The molecule has 5 aliphatic heterocycles. The van der Waals surface area contributed by atoms with Gasteiger partial charge in [0, 0.05) is 67.3 Å². The number of benzene rings is 6. The Hall–Kier alpha value is -11.5. The van der Waals surface area contributed by atoms with Crippen LogP contribution in [-0.4, -0.2) is 170 Å². The first-order chi connectivity index (χ1) is 53.0. The van der Waals surface area contributed by atoms with Crippen LogP contribution in [0, 0.1) is 11.3 Å². The molecule has 30 heteroatoms. The summed E-state index contributed by atoms with van der Waals surface area (Å²) in [6.45, 7) is 5.24. The molecule has 29 nitrogen and oxygen atoms in total. The molecule has 0 radical (unpaired) electrons. The Bertz CT molecular complexity index is 4570. The SMILES string of the molecule is COc1ccc(C2=CN3C(=O)c4cc(OC)c(OCCCCCOc5cc6c(cc5OC)C(=O)N5CC7(CC7)C[C@H]5[C@H](O)N6C(=O)OCc5ccc(NC(=O)[C@H](C)NC(=O)[C@@H](NC(=O)CNC(=O)CNC(=O)CCC(=O)N6Cc7ccccc7/C(N)=C(/N(N)SC)c7ccccc76)C(C)C)cc5)cc4NC[C@@H]3C2)cc1. The largest absolute Gasteiger partial charge is 0.497 e. The summed E-state index contributed by atoms with van der Waals surface area (Å²) in [5.41, 5.74) is 14.5. The third kappa shape index (κ3) is 17.5. The average Bonchev–Trinajstić information content (AvgIpc) is 1.54. The molecule has 5 heterocycles. The Morgan fingerprint density at radius 2 is 1.37 bits per heavy atom. The van der Waals surface area contributed by atoms with Crippen LogP contribution in [0.4, 0.5) is 27.5 Å². The van der Waals surface area contributed by atoms with Crippen molar-refractivity contribution in [2.75, 3.05) is 87.4 Å². The summed E-state index contributed by atoms with van der Waals surface area (Å²) >= 11 is 1.25. The lowest BCUT2D eigenvalue weighted by molar-refractivity contribution is -0.132. The summed E-state index contributed by atoms with van der Waals surface area (Å²) in [6, 6.07) is 32.4. The molecule has 11 N–H and O–H groups in total. The van der Waals surface area contributed by atoms with Crippen molar-refractivity contribution < 1.29 is 76.7 Å². The number of nitrogens with two attached hydrogens (primary N) is 2. The van der Waals surface area contributed by atoms with Gasteiger partial charge in [-0.05, 0) is 140 Å². The van der Waals surface area contributed by atoms with Crippen LogP contribution in [0.15, 0.2) is 128 Å². The number of ether oxygens (including phenoxy) is 6. The number of fused-ring (bicyclic) bond motifs is 6. The quantitative estimate of drug-likeness (QED) is 0.00933. The molecule has 6 aliphatic rings. The molecule has 1 saturated heterocycles. The predicted octanol–water partition coefficient (Wildman–Crippen LogP) is 7.87. The number of amides is 9. The smallest absolute Gasteiger partial charge is 0.416 e. The van der Waals surface area contributed by atoms with Crippen LogP contribution in [0.25, 0.3) is 17.0 Å². The Morgan fingerprint density at radius 1 is 0.709 bits per heavy atom. The first-order valence-electron chi connectivity index (χ1n) is 36.7. The molecule has 0 bridgehead atoms. The highest BCUT2D eigenvalue weighted by Crippen LogP contribution is 2.57. The van der Waals surface area contributed by atoms with E-state index in [0.717, 1.165) is 40.2 Å². The van der Waals surface area contributed by atoms with Crippen LogP contribution in [0.3, 0.4) is 0 Å². The van der Waals surface area contributed by atoms with Gasteiger partial charge in [-0.3, -0.25) is 42.8 Å². The minimum atomic E-state index is -1.48. The summed E-state index contributed by atoms with van der Waals surface area (Å²) < 4.78 is 36.7. The second-order valence-electron chi connectivity index (χ2n) is 28.4. The van der Waals surface area contributed by atoms with E-state index in [2.05, 4.69) is 31.9 Å². The molecule has 1 spiro atoms. The molecule has 6 aromatic carbocycles.